The monoisotopic (exact) mass is 540 g/mol. The van der Waals surface area contributed by atoms with Gasteiger partial charge in [-0.05, 0) is 18.6 Å². The molecule has 3 aromatic rings. The third kappa shape index (κ3) is 6.59. The molecule has 12 heteroatoms. The van der Waals surface area contributed by atoms with E-state index in [9.17, 15) is 9.59 Å². The van der Waals surface area contributed by atoms with E-state index in [4.69, 9.17) is 28.4 Å². The first-order valence-corrected chi connectivity index (χ1v) is 13.0. The van der Waals surface area contributed by atoms with Crippen LogP contribution in [0.2, 0.25) is 0 Å². The number of pyridine rings is 1. The van der Waals surface area contributed by atoms with E-state index in [1.165, 1.54) is 13.8 Å². The van der Waals surface area contributed by atoms with Crippen molar-refractivity contribution in [2.24, 2.45) is 0 Å². The van der Waals surface area contributed by atoms with Gasteiger partial charge >= 0.3 is 11.9 Å². The zero-order valence-electron chi connectivity index (χ0n) is 22.1. The third-order valence-electron chi connectivity index (χ3n) is 6.44. The first-order valence-electron chi connectivity index (χ1n) is 13.0. The minimum atomic E-state index is -1.05. The third-order valence-corrected chi connectivity index (χ3v) is 6.44. The number of esters is 2. The molecule has 2 aromatic heterocycles. The van der Waals surface area contributed by atoms with Crippen LogP contribution in [0.1, 0.15) is 45.0 Å². The van der Waals surface area contributed by atoms with Gasteiger partial charge in [-0.25, -0.2) is 4.68 Å². The Kier molecular flexibility index (Phi) is 8.46. The molecule has 2 aliphatic rings. The fourth-order valence-electron chi connectivity index (χ4n) is 4.77. The van der Waals surface area contributed by atoms with Gasteiger partial charge in [0.15, 0.2) is 24.8 Å². The van der Waals surface area contributed by atoms with E-state index in [-0.39, 0.29) is 13.2 Å². The van der Waals surface area contributed by atoms with Crippen molar-refractivity contribution in [1.82, 2.24) is 20.0 Å². The number of fused-ring (bicyclic) bond motifs is 2. The molecule has 1 aromatic carbocycles. The summed E-state index contributed by atoms with van der Waals surface area (Å²) in [6.07, 6.45) is -1.53. The van der Waals surface area contributed by atoms with Gasteiger partial charge in [0.25, 0.3) is 0 Å². The van der Waals surface area contributed by atoms with Crippen molar-refractivity contribution in [3.05, 3.63) is 54.0 Å². The number of para-hydroxylation sites is 1. The smallest absolute Gasteiger partial charge is 0.303 e. The number of hydrogen-bond donors (Lipinski definition) is 0. The largest absolute Gasteiger partial charge is 0.455 e. The van der Waals surface area contributed by atoms with E-state index in [1.54, 1.807) is 10.9 Å². The number of carbonyl (C=O) groups excluding carboxylic acids is 2. The van der Waals surface area contributed by atoms with Crippen LogP contribution in [-0.4, -0.2) is 75.5 Å². The summed E-state index contributed by atoms with van der Waals surface area (Å²) in [6, 6.07) is 11.9. The standard InChI is InChI=1S/C27H32N4O8/c1-4-7-23-34-15-22-24(39-23)25(36-16(2)32)26(37-17(3)33)27(38-22)35-14-20-13-31(30-29-20)12-19-11-10-18-8-5-6-9-21(18)28-19/h5-6,8-11,13,22-27H,4,7,12,14-15H2,1-3H3/t22-,23?,24-,25+,26-,27-/m1/s1. The highest BCUT2D eigenvalue weighted by molar-refractivity contribution is 5.78. The second kappa shape index (κ2) is 12.2. The van der Waals surface area contributed by atoms with Crippen molar-refractivity contribution in [2.75, 3.05) is 6.61 Å². The number of aromatic nitrogens is 4. The Morgan fingerprint density at radius 2 is 1.82 bits per heavy atom. The summed E-state index contributed by atoms with van der Waals surface area (Å²) in [5.41, 5.74) is 2.28. The van der Waals surface area contributed by atoms with E-state index < -0.39 is 48.9 Å². The number of rotatable bonds is 9. The summed E-state index contributed by atoms with van der Waals surface area (Å²) in [4.78, 5) is 28.6. The fourth-order valence-corrected chi connectivity index (χ4v) is 4.77. The molecule has 0 radical (unpaired) electrons. The predicted molar refractivity (Wildman–Crippen MR) is 135 cm³/mol. The molecule has 6 atom stereocenters. The van der Waals surface area contributed by atoms with E-state index in [2.05, 4.69) is 15.3 Å². The quantitative estimate of drug-likeness (QED) is 0.371. The molecule has 2 aliphatic heterocycles. The lowest BCUT2D eigenvalue weighted by Gasteiger charge is -2.47. The highest BCUT2D eigenvalue weighted by atomic mass is 16.8. The van der Waals surface area contributed by atoms with Crippen LogP contribution >= 0.6 is 0 Å². The number of ether oxygens (including phenoxy) is 6. The molecule has 0 aliphatic carbocycles. The lowest BCUT2D eigenvalue weighted by molar-refractivity contribution is -0.362. The maximum absolute atomic E-state index is 12.0. The Balaban J connectivity index is 1.28. The van der Waals surface area contributed by atoms with Crippen LogP contribution in [0.25, 0.3) is 10.9 Å². The first kappa shape index (κ1) is 27.1. The molecule has 1 unspecified atom stereocenters. The Bertz CT molecular complexity index is 1300. The lowest BCUT2D eigenvalue weighted by Crippen LogP contribution is -2.65. The molecule has 0 bridgehead atoms. The fraction of sp³-hybridized carbons (Fsp3) is 0.519. The summed E-state index contributed by atoms with van der Waals surface area (Å²) >= 11 is 0. The molecule has 2 saturated heterocycles. The van der Waals surface area contributed by atoms with Crippen LogP contribution in [-0.2, 0) is 51.2 Å². The Hall–Kier alpha value is -3.45. The maximum Gasteiger partial charge on any atom is 0.303 e. The van der Waals surface area contributed by atoms with Crippen LogP contribution in [0.3, 0.4) is 0 Å². The maximum atomic E-state index is 12.0. The molecule has 4 heterocycles. The molecular weight excluding hydrogens is 508 g/mol. The van der Waals surface area contributed by atoms with Crippen LogP contribution in [0.5, 0.6) is 0 Å². The topological polar surface area (TPSA) is 133 Å². The van der Waals surface area contributed by atoms with Gasteiger partial charge in [-0.2, -0.15) is 0 Å². The second-order valence-corrected chi connectivity index (χ2v) is 9.56. The molecule has 2 fully saturated rings. The average molecular weight is 541 g/mol. The van der Waals surface area contributed by atoms with Crippen molar-refractivity contribution >= 4 is 22.8 Å². The van der Waals surface area contributed by atoms with Crippen molar-refractivity contribution in [1.29, 1.82) is 0 Å². The molecule has 5 rings (SSSR count). The van der Waals surface area contributed by atoms with E-state index in [1.807, 2.05) is 43.3 Å². The zero-order valence-corrected chi connectivity index (χ0v) is 22.1. The van der Waals surface area contributed by atoms with Gasteiger partial charge in [-0.15, -0.1) is 5.10 Å². The Labute approximate surface area is 225 Å². The van der Waals surface area contributed by atoms with Gasteiger partial charge in [0.05, 0.1) is 37.2 Å². The van der Waals surface area contributed by atoms with Gasteiger partial charge in [0.2, 0.25) is 0 Å². The minimum Gasteiger partial charge on any atom is -0.455 e. The molecule has 12 nitrogen and oxygen atoms in total. The lowest BCUT2D eigenvalue weighted by atomic mass is 9.97. The molecule has 0 spiro atoms. The number of carbonyl (C=O) groups is 2. The summed E-state index contributed by atoms with van der Waals surface area (Å²) < 4.78 is 36.7. The molecule has 39 heavy (non-hydrogen) atoms. The van der Waals surface area contributed by atoms with E-state index in [0.717, 1.165) is 23.0 Å². The van der Waals surface area contributed by atoms with Crippen LogP contribution in [0.15, 0.2) is 42.6 Å². The van der Waals surface area contributed by atoms with Crippen molar-refractivity contribution in [3.63, 3.8) is 0 Å². The number of benzene rings is 1. The molecule has 0 saturated carbocycles. The molecule has 0 N–H and O–H groups in total. The highest BCUT2D eigenvalue weighted by Crippen LogP contribution is 2.33. The van der Waals surface area contributed by atoms with Crippen molar-refractivity contribution in [2.45, 2.75) is 83.8 Å². The van der Waals surface area contributed by atoms with Crippen molar-refractivity contribution < 1.29 is 38.0 Å². The SMILES string of the molecule is CCCC1OC[C@H]2O[C@@H](OCc3cn(Cc4ccc5ccccc5n4)nn3)[C@H](OC(C)=O)[C@@H](OC(C)=O)[C@@H]2O1. The van der Waals surface area contributed by atoms with Gasteiger partial charge in [0.1, 0.15) is 17.9 Å². The number of nitrogens with zero attached hydrogens (tertiary/aromatic N) is 4. The van der Waals surface area contributed by atoms with Crippen LogP contribution < -0.4 is 0 Å². The van der Waals surface area contributed by atoms with Gasteiger partial charge in [-0.3, -0.25) is 14.6 Å². The molecule has 0 amide bonds. The van der Waals surface area contributed by atoms with Crippen LogP contribution in [0, 0.1) is 0 Å². The minimum absolute atomic E-state index is 0.0118. The summed E-state index contributed by atoms with van der Waals surface area (Å²) in [6.45, 7) is 5.23. The Morgan fingerprint density at radius 1 is 1.03 bits per heavy atom. The second-order valence-electron chi connectivity index (χ2n) is 9.56. The summed E-state index contributed by atoms with van der Waals surface area (Å²) in [5.74, 6) is -1.11. The summed E-state index contributed by atoms with van der Waals surface area (Å²) in [5, 5.41) is 9.43. The average Bonchev–Trinajstić information content (AvgIpc) is 3.36. The van der Waals surface area contributed by atoms with Gasteiger partial charge in [-0.1, -0.05) is 42.8 Å². The van der Waals surface area contributed by atoms with Gasteiger partial charge < -0.3 is 28.4 Å². The zero-order chi connectivity index (χ0) is 27.4. The molecule has 208 valence electrons. The Morgan fingerprint density at radius 3 is 2.62 bits per heavy atom. The normalized spacial score (nSPS) is 26.6. The van der Waals surface area contributed by atoms with Crippen molar-refractivity contribution in [3.8, 4) is 0 Å². The summed E-state index contributed by atoms with van der Waals surface area (Å²) in [7, 11) is 0. The van der Waals surface area contributed by atoms with Gasteiger partial charge in [0, 0.05) is 19.2 Å². The highest BCUT2D eigenvalue weighted by Gasteiger charge is 2.53. The predicted octanol–water partition coefficient (Wildman–Crippen LogP) is 2.52. The molecular formula is C27H32N4O8. The number of hydrogen-bond acceptors (Lipinski definition) is 11. The van der Waals surface area contributed by atoms with Crippen LogP contribution in [0.4, 0.5) is 0 Å². The van der Waals surface area contributed by atoms with E-state index in [0.29, 0.717) is 18.7 Å². The van der Waals surface area contributed by atoms with E-state index >= 15 is 0 Å². The first-order chi connectivity index (χ1) is 18.9.